The minimum Gasteiger partial charge on any atom is -0.350 e. The molecule has 1 rings (SSSR count). The molecular weight excluding hydrogens is 152 g/mol. The average molecular weight is 172 g/mol. The first-order valence-corrected chi connectivity index (χ1v) is 4.98. The highest BCUT2D eigenvalue weighted by atomic mass is 16.7. The zero-order chi connectivity index (χ0) is 9.03. The van der Waals surface area contributed by atoms with Crippen molar-refractivity contribution >= 4 is 0 Å². The second-order valence-electron chi connectivity index (χ2n) is 3.80. The molecule has 1 heterocycles. The van der Waals surface area contributed by atoms with Crippen LogP contribution in [-0.2, 0) is 9.47 Å². The zero-order valence-corrected chi connectivity index (χ0v) is 8.43. The van der Waals surface area contributed by atoms with Crippen LogP contribution >= 0.6 is 0 Å². The molecule has 0 aromatic heterocycles. The molecule has 0 amide bonds. The van der Waals surface area contributed by atoms with E-state index >= 15 is 0 Å². The average Bonchev–Trinajstić information content (AvgIpc) is 2.01. The third-order valence-corrected chi connectivity index (χ3v) is 2.37. The van der Waals surface area contributed by atoms with Crippen LogP contribution in [0, 0.1) is 0 Å². The van der Waals surface area contributed by atoms with Crippen LogP contribution in [0.15, 0.2) is 0 Å². The van der Waals surface area contributed by atoms with Gasteiger partial charge in [0.25, 0.3) is 0 Å². The van der Waals surface area contributed by atoms with Gasteiger partial charge in [-0.05, 0) is 26.7 Å². The maximum Gasteiger partial charge on any atom is 0.165 e. The molecule has 72 valence electrons. The summed E-state index contributed by atoms with van der Waals surface area (Å²) in [7, 11) is 0. The van der Waals surface area contributed by atoms with E-state index in [-0.39, 0.29) is 5.79 Å². The molecule has 0 aliphatic carbocycles. The van der Waals surface area contributed by atoms with Gasteiger partial charge >= 0.3 is 0 Å². The number of hydrogen-bond acceptors (Lipinski definition) is 2. The standard InChI is InChI=1S/C10H20O2/c1-4-5-7-10(3)11-8-6-9(2)12-10/h9H,4-8H2,1-3H3. The minimum atomic E-state index is -0.298. The zero-order valence-electron chi connectivity index (χ0n) is 8.43. The first kappa shape index (κ1) is 10.0. The largest absolute Gasteiger partial charge is 0.350 e. The van der Waals surface area contributed by atoms with Crippen molar-refractivity contribution in [3.63, 3.8) is 0 Å². The molecule has 1 fully saturated rings. The van der Waals surface area contributed by atoms with Gasteiger partial charge in [0.05, 0.1) is 12.7 Å². The molecule has 1 saturated heterocycles. The van der Waals surface area contributed by atoms with Crippen LogP contribution in [0.25, 0.3) is 0 Å². The molecule has 12 heavy (non-hydrogen) atoms. The molecule has 0 bridgehead atoms. The summed E-state index contributed by atoms with van der Waals surface area (Å²) in [5.74, 6) is -0.298. The Morgan fingerprint density at radius 1 is 1.50 bits per heavy atom. The summed E-state index contributed by atoms with van der Waals surface area (Å²) in [4.78, 5) is 0. The summed E-state index contributed by atoms with van der Waals surface area (Å²) in [6, 6.07) is 0. The third-order valence-electron chi connectivity index (χ3n) is 2.37. The highest BCUT2D eigenvalue weighted by Crippen LogP contribution is 2.27. The lowest BCUT2D eigenvalue weighted by Gasteiger charge is -2.37. The Hall–Kier alpha value is -0.0800. The van der Waals surface area contributed by atoms with Crippen molar-refractivity contribution in [3.8, 4) is 0 Å². The van der Waals surface area contributed by atoms with Gasteiger partial charge in [0.1, 0.15) is 0 Å². The fourth-order valence-corrected chi connectivity index (χ4v) is 1.59. The van der Waals surface area contributed by atoms with Crippen molar-refractivity contribution in [3.05, 3.63) is 0 Å². The van der Waals surface area contributed by atoms with Gasteiger partial charge in [-0.15, -0.1) is 0 Å². The van der Waals surface area contributed by atoms with Crippen LogP contribution in [0.3, 0.4) is 0 Å². The SMILES string of the molecule is CCCCC1(C)OCCC(C)O1. The monoisotopic (exact) mass is 172 g/mol. The van der Waals surface area contributed by atoms with Gasteiger partial charge in [0.2, 0.25) is 0 Å². The van der Waals surface area contributed by atoms with Gasteiger partial charge in [-0.2, -0.15) is 0 Å². The summed E-state index contributed by atoms with van der Waals surface area (Å²) in [5, 5.41) is 0. The van der Waals surface area contributed by atoms with Crippen LogP contribution in [0.5, 0.6) is 0 Å². The van der Waals surface area contributed by atoms with Gasteiger partial charge in [-0.1, -0.05) is 13.3 Å². The van der Waals surface area contributed by atoms with Crippen molar-refractivity contribution < 1.29 is 9.47 Å². The normalized spacial score (nSPS) is 36.8. The molecule has 0 spiro atoms. The van der Waals surface area contributed by atoms with Crippen molar-refractivity contribution in [2.24, 2.45) is 0 Å². The number of unbranched alkanes of at least 4 members (excludes halogenated alkanes) is 1. The molecule has 0 radical (unpaired) electrons. The lowest BCUT2D eigenvalue weighted by atomic mass is 10.1. The summed E-state index contributed by atoms with van der Waals surface area (Å²) in [5.41, 5.74) is 0. The Bertz CT molecular complexity index is 136. The summed E-state index contributed by atoms with van der Waals surface area (Å²) >= 11 is 0. The van der Waals surface area contributed by atoms with E-state index in [1.54, 1.807) is 0 Å². The Morgan fingerprint density at radius 3 is 2.83 bits per heavy atom. The van der Waals surface area contributed by atoms with Crippen LogP contribution in [-0.4, -0.2) is 18.5 Å². The van der Waals surface area contributed by atoms with Crippen LogP contribution in [0.2, 0.25) is 0 Å². The smallest absolute Gasteiger partial charge is 0.165 e. The molecule has 0 N–H and O–H groups in total. The van der Waals surface area contributed by atoms with E-state index < -0.39 is 0 Å². The topological polar surface area (TPSA) is 18.5 Å². The molecule has 0 aromatic carbocycles. The molecule has 2 nitrogen and oxygen atoms in total. The van der Waals surface area contributed by atoms with E-state index in [4.69, 9.17) is 9.47 Å². The van der Waals surface area contributed by atoms with Gasteiger partial charge in [-0.25, -0.2) is 0 Å². The molecular formula is C10H20O2. The molecule has 2 heteroatoms. The van der Waals surface area contributed by atoms with E-state index in [0.29, 0.717) is 6.10 Å². The Morgan fingerprint density at radius 2 is 2.25 bits per heavy atom. The lowest BCUT2D eigenvalue weighted by Crippen LogP contribution is -2.41. The predicted molar refractivity (Wildman–Crippen MR) is 49.0 cm³/mol. The highest BCUT2D eigenvalue weighted by Gasteiger charge is 2.31. The number of hydrogen-bond donors (Lipinski definition) is 0. The molecule has 0 saturated carbocycles. The Balaban J connectivity index is 2.35. The third kappa shape index (κ3) is 2.76. The molecule has 1 aliphatic rings. The number of rotatable bonds is 3. The first-order valence-electron chi connectivity index (χ1n) is 4.98. The summed E-state index contributed by atoms with van der Waals surface area (Å²) < 4.78 is 11.4. The van der Waals surface area contributed by atoms with Crippen LogP contribution in [0.4, 0.5) is 0 Å². The van der Waals surface area contributed by atoms with Gasteiger partial charge in [-0.3, -0.25) is 0 Å². The van der Waals surface area contributed by atoms with E-state index in [0.717, 1.165) is 19.4 Å². The van der Waals surface area contributed by atoms with Gasteiger partial charge in [0.15, 0.2) is 5.79 Å². The van der Waals surface area contributed by atoms with E-state index in [2.05, 4.69) is 20.8 Å². The number of ether oxygens (including phenoxy) is 2. The van der Waals surface area contributed by atoms with Crippen molar-refractivity contribution in [1.29, 1.82) is 0 Å². The Kier molecular flexibility index (Phi) is 3.53. The fraction of sp³-hybridized carbons (Fsp3) is 1.00. The minimum absolute atomic E-state index is 0.298. The van der Waals surface area contributed by atoms with Crippen molar-refractivity contribution in [2.75, 3.05) is 6.61 Å². The van der Waals surface area contributed by atoms with Crippen molar-refractivity contribution in [2.45, 2.75) is 58.3 Å². The molecule has 0 aromatic rings. The maximum atomic E-state index is 5.75. The van der Waals surface area contributed by atoms with Crippen LogP contribution < -0.4 is 0 Å². The summed E-state index contributed by atoms with van der Waals surface area (Å²) in [6.45, 7) is 7.21. The van der Waals surface area contributed by atoms with Gasteiger partial charge < -0.3 is 9.47 Å². The highest BCUT2D eigenvalue weighted by molar-refractivity contribution is 4.70. The van der Waals surface area contributed by atoms with Gasteiger partial charge in [0, 0.05) is 6.42 Å². The molecule has 2 unspecified atom stereocenters. The maximum absolute atomic E-state index is 5.75. The van der Waals surface area contributed by atoms with E-state index in [1.807, 2.05) is 0 Å². The van der Waals surface area contributed by atoms with Crippen LogP contribution in [0.1, 0.15) is 46.5 Å². The summed E-state index contributed by atoms with van der Waals surface area (Å²) in [6.07, 6.45) is 4.80. The van der Waals surface area contributed by atoms with E-state index in [9.17, 15) is 0 Å². The Labute approximate surface area is 75.2 Å². The van der Waals surface area contributed by atoms with Crippen molar-refractivity contribution in [1.82, 2.24) is 0 Å². The lowest BCUT2D eigenvalue weighted by molar-refractivity contribution is -0.282. The predicted octanol–water partition coefficient (Wildman–Crippen LogP) is 2.72. The molecule has 1 aliphatic heterocycles. The molecule has 2 atom stereocenters. The second-order valence-corrected chi connectivity index (χ2v) is 3.80. The second kappa shape index (κ2) is 4.24. The fourth-order valence-electron chi connectivity index (χ4n) is 1.59. The van der Waals surface area contributed by atoms with E-state index in [1.165, 1.54) is 12.8 Å². The first-order chi connectivity index (χ1) is 5.66. The quantitative estimate of drug-likeness (QED) is 0.651.